The molecule has 0 aliphatic heterocycles. The standard InChI is InChI=1S/C12H20N2O3/c1-2-8-13-12(17)14-10-7-5-3-4-6-9(10)11(15)16/h2,9-10H,1,3-8H2,(H,15,16)(H2,13,14,17). The van der Waals surface area contributed by atoms with E-state index in [1.807, 2.05) is 0 Å². The number of urea groups is 1. The van der Waals surface area contributed by atoms with Crippen LogP contribution in [0.25, 0.3) is 0 Å². The Hall–Kier alpha value is -1.52. The van der Waals surface area contributed by atoms with Gasteiger partial charge in [0.05, 0.1) is 5.92 Å². The van der Waals surface area contributed by atoms with Crippen LogP contribution in [-0.2, 0) is 4.79 Å². The SMILES string of the molecule is C=CCNC(=O)NC1CCCCCC1C(=O)O. The van der Waals surface area contributed by atoms with Crippen molar-refractivity contribution in [1.82, 2.24) is 10.6 Å². The molecule has 5 heteroatoms. The normalized spacial score (nSPS) is 24.5. The molecule has 0 radical (unpaired) electrons. The molecule has 0 aromatic heterocycles. The minimum absolute atomic E-state index is 0.264. The summed E-state index contributed by atoms with van der Waals surface area (Å²) in [6.45, 7) is 3.89. The predicted molar refractivity (Wildman–Crippen MR) is 64.7 cm³/mol. The molecular weight excluding hydrogens is 220 g/mol. The highest BCUT2D eigenvalue weighted by Crippen LogP contribution is 2.23. The van der Waals surface area contributed by atoms with Gasteiger partial charge in [-0.15, -0.1) is 6.58 Å². The molecule has 1 rings (SSSR count). The highest BCUT2D eigenvalue weighted by atomic mass is 16.4. The molecule has 0 bridgehead atoms. The third-order valence-electron chi connectivity index (χ3n) is 3.06. The first-order chi connectivity index (χ1) is 8.15. The molecule has 2 atom stereocenters. The van der Waals surface area contributed by atoms with Crippen LogP contribution in [0.5, 0.6) is 0 Å². The van der Waals surface area contributed by atoms with E-state index in [1.54, 1.807) is 6.08 Å². The Morgan fingerprint density at radius 3 is 2.65 bits per heavy atom. The van der Waals surface area contributed by atoms with Crippen molar-refractivity contribution in [2.24, 2.45) is 5.92 Å². The molecule has 3 N–H and O–H groups in total. The number of carboxylic acids is 1. The summed E-state index contributed by atoms with van der Waals surface area (Å²) in [7, 11) is 0. The maximum atomic E-state index is 11.5. The molecule has 1 fully saturated rings. The van der Waals surface area contributed by atoms with Crippen molar-refractivity contribution >= 4 is 12.0 Å². The predicted octanol–water partition coefficient (Wildman–Crippen LogP) is 1.51. The van der Waals surface area contributed by atoms with Gasteiger partial charge < -0.3 is 15.7 Å². The average Bonchev–Trinajstić information content (AvgIpc) is 2.51. The first-order valence-corrected chi connectivity index (χ1v) is 6.03. The number of carboxylic acid groups (broad SMARTS) is 1. The minimum atomic E-state index is -0.819. The number of amides is 2. The zero-order chi connectivity index (χ0) is 12.7. The number of hydrogen-bond donors (Lipinski definition) is 3. The van der Waals surface area contributed by atoms with Crippen LogP contribution in [0.3, 0.4) is 0 Å². The van der Waals surface area contributed by atoms with Crippen LogP contribution < -0.4 is 10.6 Å². The van der Waals surface area contributed by atoms with Crippen LogP contribution in [0.15, 0.2) is 12.7 Å². The van der Waals surface area contributed by atoms with Gasteiger partial charge in [-0.25, -0.2) is 4.79 Å². The fourth-order valence-electron chi connectivity index (χ4n) is 2.16. The van der Waals surface area contributed by atoms with Gasteiger partial charge in [-0.2, -0.15) is 0 Å². The second-order valence-electron chi connectivity index (χ2n) is 4.33. The second-order valence-corrected chi connectivity index (χ2v) is 4.33. The fraction of sp³-hybridized carbons (Fsp3) is 0.667. The Bertz CT molecular complexity index is 291. The monoisotopic (exact) mass is 240 g/mol. The van der Waals surface area contributed by atoms with E-state index in [9.17, 15) is 9.59 Å². The molecule has 0 aromatic rings. The molecule has 1 aliphatic rings. The number of nitrogens with one attached hydrogen (secondary N) is 2. The van der Waals surface area contributed by atoms with Gasteiger partial charge in [0.1, 0.15) is 0 Å². The van der Waals surface area contributed by atoms with Gasteiger partial charge in [0.2, 0.25) is 0 Å². The third-order valence-corrected chi connectivity index (χ3v) is 3.06. The van der Waals surface area contributed by atoms with Crippen molar-refractivity contribution in [3.05, 3.63) is 12.7 Å². The second kappa shape index (κ2) is 6.93. The lowest BCUT2D eigenvalue weighted by Gasteiger charge is -2.22. The van der Waals surface area contributed by atoms with Gasteiger partial charge in [-0.3, -0.25) is 4.79 Å². The number of hydrogen-bond acceptors (Lipinski definition) is 2. The van der Waals surface area contributed by atoms with E-state index in [4.69, 9.17) is 5.11 Å². The maximum Gasteiger partial charge on any atom is 0.315 e. The topological polar surface area (TPSA) is 78.4 Å². The Morgan fingerprint density at radius 1 is 1.29 bits per heavy atom. The van der Waals surface area contributed by atoms with Crippen LogP contribution in [0, 0.1) is 5.92 Å². The first kappa shape index (κ1) is 13.5. The van der Waals surface area contributed by atoms with E-state index in [0.717, 1.165) is 25.7 Å². The molecule has 2 amide bonds. The summed E-state index contributed by atoms with van der Waals surface area (Å²) in [5.74, 6) is -1.28. The Kier molecular flexibility index (Phi) is 5.52. The van der Waals surface area contributed by atoms with Crippen molar-refractivity contribution in [2.45, 2.75) is 38.1 Å². The highest BCUT2D eigenvalue weighted by Gasteiger charge is 2.30. The summed E-state index contributed by atoms with van der Waals surface area (Å²) in [6.07, 6.45) is 5.89. The number of aliphatic carboxylic acids is 1. The molecule has 17 heavy (non-hydrogen) atoms. The van der Waals surface area contributed by atoms with E-state index in [-0.39, 0.29) is 12.1 Å². The average molecular weight is 240 g/mol. The lowest BCUT2D eigenvalue weighted by molar-refractivity contribution is -0.142. The van der Waals surface area contributed by atoms with Crippen LogP contribution in [0.4, 0.5) is 4.79 Å². The molecule has 0 heterocycles. The molecule has 0 aromatic carbocycles. The summed E-state index contributed by atoms with van der Waals surface area (Å²) < 4.78 is 0. The lowest BCUT2D eigenvalue weighted by Crippen LogP contribution is -2.47. The van der Waals surface area contributed by atoms with Crippen molar-refractivity contribution in [1.29, 1.82) is 0 Å². The van der Waals surface area contributed by atoms with Gasteiger partial charge in [0.25, 0.3) is 0 Å². The van der Waals surface area contributed by atoms with E-state index >= 15 is 0 Å². The van der Waals surface area contributed by atoms with Gasteiger partial charge in [-0.1, -0.05) is 25.3 Å². The van der Waals surface area contributed by atoms with Gasteiger partial charge >= 0.3 is 12.0 Å². The van der Waals surface area contributed by atoms with E-state index < -0.39 is 11.9 Å². The van der Waals surface area contributed by atoms with Crippen molar-refractivity contribution in [2.75, 3.05) is 6.54 Å². The number of carbonyl (C=O) groups is 2. The van der Waals surface area contributed by atoms with Crippen molar-refractivity contribution in [3.63, 3.8) is 0 Å². The molecular formula is C12H20N2O3. The van der Waals surface area contributed by atoms with Gasteiger partial charge in [0, 0.05) is 12.6 Å². The zero-order valence-electron chi connectivity index (χ0n) is 9.95. The minimum Gasteiger partial charge on any atom is -0.481 e. The number of carbonyl (C=O) groups excluding carboxylic acids is 1. The molecule has 1 aliphatic carbocycles. The van der Waals surface area contributed by atoms with Gasteiger partial charge in [-0.05, 0) is 12.8 Å². The lowest BCUT2D eigenvalue weighted by atomic mass is 9.95. The van der Waals surface area contributed by atoms with Crippen molar-refractivity contribution in [3.8, 4) is 0 Å². The summed E-state index contributed by atoms with van der Waals surface area (Å²) in [5, 5.41) is 14.5. The Morgan fingerprint density at radius 2 is 2.00 bits per heavy atom. The largest absolute Gasteiger partial charge is 0.481 e. The van der Waals surface area contributed by atoms with E-state index in [1.165, 1.54) is 0 Å². The summed E-state index contributed by atoms with van der Waals surface area (Å²) in [5.41, 5.74) is 0. The summed E-state index contributed by atoms with van der Waals surface area (Å²) in [4.78, 5) is 22.6. The smallest absolute Gasteiger partial charge is 0.315 e. The van der Waals surface area contributed by atoms with Crippen molar-refractivity contribution < 1.29 is 14.7 Å². The Balaban J connectivity index is 2.54. The van der Waals surface area contributed by atoms with Crippen LogP contribution >= 0.6 is 0 Å². The van der Waals surface area contributed by atoms with Crippen LogP contribution in [-0.4, -0.2) is 29.7 Å². The quantitative estimate of drug-likeness (QED) is 0.515. The van der Waals surface area contributed by atoms with Gasteiger partial charge in [0.15, 0.2) is 0 Å². The van der Waals surface area contributed by atoms with E-state index in [0.29, 0.717) is 13.0 Å². The Labute approximate surface area is 101 Å². The molecule has 96 valence electrons. The fourth-order valence-corrected chi connectivity index (χ4v) is 2.16. The van der Waals surface area contributed by atoms with Crippen LogP contribution in [0.2, 0.25) is 0 Å². The summed E-state index contributed by atoms with van der Waals surface area (Å²) in [6, 6.07) is -0.581. The summed E-state index contributed by atoms with van der Waals surface area (Å²) >= 11 is 0. The molecule has 0 spiro atoms. The zero-order valence-corrected chi connectivity index (χ0v) is 9.95. The third kappa shape index (κ3) is 4.46. The molecule has 1 saturated carbocycles. The molecule has 5 nitrogen and oxygen atoms in total. The highest BCUT2D eigenvalue weighted by molar-refractivity contribution is 5.76. The number of rotatable bonds is 4. The van der Waals surface area contributed by atoms with Crippen LogP contribution in [0.1, 0.15) is 32.1 Å². The first-order valence-electron chi connectivity index (χ1n) is 6.03. The molecule has 0 saturated heterocycles. The van der Waals surface area contributed by atoms with E-state index in [2.05, 4.69) is 17.2 Å². The maximum absolute atomic E-state index is 11.5. The molecule has 2 unspecified atom stereocenters.